The molecule has 2 aromatic rings. The zero-order valence-corrected chi connectivity index (χ0v) is 19.8. The predicted molar refractivity (Wildman–Crippen MR) is 130 cm³/mol. The Morgan fingerprint density at radius 3 is 2.32 bits per heavy atom. The molecule has 0 aromatic heterocycles. The smallest absolute Gasteiger partial charge is 0.295 e. The van der Waals surface area contributed by atoms with Crippen LogP contribution in [0.2, 0.25) is 0 Å². The molecule has 2 aliphatic heterocycles. The summed E-state index contributed by atoms with van der Waals surface area (Å²) in [6.07, 6.45) is 1.63. The molecule has 0 spiro atoms. The van der Waals surface area contributed by atoms with Gasteiger partial charge in [-0.1, -0.05) is 31.2 Å². The number of carbonyl (C=O) groups excluding carboxylic acids is 2. The molecule has 7 nitrogen and oxygen atoms in total. The molecule has 0 radical (unpaired) electrons. The van der Waals surface area contributed by atoms with Crippen molar-refractivity contribution in [1.29, 1.82) is 0 Å². The zero-order valence-electron chi connectivity index (χ0n) is 19.8. The lowest BCUT2D eigenvalue weighted by molar-refractivity contribution is -0.140. The number of methoxy groups -OCH3 is 1. The summed E-state index contributed by atoms with van der Waals surface area (Å²) in [4.78, 5) is 30.2. The summed E-state index contributed by atoms with van der Waals surface area (Å²) < 4.78 is 10.6. The molecule has 2 saturated heterocycles. The van der Waals surface area contributed by atoms with Gasteiger partial charge in [-0.3, -0.25) is 14.5 Å². The summed E-state index contributed by atoms with van der Waals surface area (Å²) in [5.74, 6) is -0.737. The van der Waals surface area contributed by atoms with Crippen LogP contribution in [-0.2, 0) is 20.7 Å². The number of likely N-dealkylation sites (tertiary alicyclic amines) is 1. The Kier molecular flexibility index (Phi) is 7.65. The fraction of sp³-hybridized carbons (Fsp3) is 0.407. The van der Waals surface area contributed by atoms with Crippen molar-refractivity contribution in [2.24, 2.45) is 0 Å². The van der Waals surface area contributed by atoms with E-state index in [4.69, 9.17) is 9.47 Å². The van der Waals surface area contributed by atoms with Gasteiger partial charge in [0.2, 0.25) is 0 Å². The third-order valence-corrected chi connectivity index (χ3v) is 6.58. The summed E-state index contributed by atoms with van der Waals surface area (Å²) in [6.45, 7) is 6.52. The highest BCUT2D eigenvalue weighted by Crippen LogP contribution is 2.39. The average molecular weight is 465 g/mol. The normalized spacial score (nSPS) is 20.6. The number of aliphatic hydroxyl groups is 1. The first-order valence-corrected chi connectivity index (χ1v) is 11.8. The number of aryl methyl sites for hydroxylation is 1. The Labute approximate surface area is 200 Å². The molecule has 2 heterocycles. The number of hydrogen-bond donors (Lipinski definition) is 1. The number of morpholine rings is 1. The van der Waals surface area contributed by atoms with Gasteiger partial charge in [0.15, 0.2) is 0 Å². The quantitative estimate of drug-likeness (QED) is 0.367. The number of carbonyl (C=O) groups is 2. The standard InChI is InChI=1S/C27H32N2O5/c1-3-19-5-7-20(8-6-19)24-23(25(30)21-9-11-22(33-2)12-10-21)26(31)27(32)29(24)14-4-13-28-15-17-34-18-16-28/h5-12,24,30H,3-4,13-18H2,1-2H3/t24-/m1/s1. The molecule has 1 amide bonds. The monoisotopic (exact) mass is 464 g/mol. The Bertz CT molecular complexity index is 1040. The molecule has 2 aliphatic rings. The highest BCUT2D eigenvalue weighted by Gasteiger charge is 2.45. The van der Waals surface area contributed by atoms with Crippen molar-refractivity contribution in [3.05, 3.63) is 70.8 Å². The molecular formula is C27H32N2O5. The number of ether oxygens (including phenoxy) is 2. The van der Waals surface area contributed by atoms with E-state index in [1.165, 1.54) is 5.56 Å². The van der Waals surface area contributed by atoms with E-state index < -0.39 is 17.7 Å². The van der Waals surface area contributed by atoms with Gasteiger partial charge in [0.1, 0.15) is 11.5 Å². The van der Waals surface area contributed by atoms with Crippen LogP contribution >= 0.6 is 0 Å². The van der Waals surface area contributed by atoms with Crippen LogP contribution in [0.15, 0.2) is 54.1 Å². The van der Waals surface area contributed by atoms with Crippen LogP contribution in [0, 0.1) is 0 Å². The number of Topliss-reactive ketones (excluding diaryl/α,β-unsaturated/α-hetero) is 1. The summed E-state index contributed by atoms with van der Waals surface area (Å²) in [5.41, 5.74) is 2.59. The van der Waals surface area contributed by atoms with Gasteiger partial charge in [-0.25, -0.2) is 0 Å². The van der Waals surface area contributed by atoms with Crippen molar-refractivity contribution in [3.63, 3.8) is 0 Å². The summed E-state index contributed by atoms with van der Waals surface area (Å²) in [5, 5.41) is 11.2. The number of benzene rings is 2. The van der Waals surface area contributed by atoms with Crippen LogP contribution in [0.3, 0.4) is 0 Å². The highest BCUT2D eigenvalue weighted by atomic mass is 16.5. The molecule has 7 heteroatoms. The lowest BCUT2D eigenvalue weighted by Gasteiger charge is -2.29. The molecule has 0 bridgehead atoms. The molecule has 180 valence electrons. The van der Waals surface area contributed by atoms with E-state index in [-0.39, 0.29) is 11.3 Å². The lowest BCUT2D eigenvalue weighted by atomic mass is 9.94. The Morgan fingerprint density at radius 1 is 1.03 bits per heavy atom. The van der Waals surface area contributed by atoms with E-state index in [1.807, 2.05) is 24.3 Å². The Balaban J connectivity index is 1.66. The van der Waals surface area contributed by atoms with Gasteiger partial charge in [-0.2, -0.15) is 0 Å². The number of ketones is 1. The number of hydrogen-bond acceptors (Lipinski definition) is 6. The summed E-state index contributed by atoms with van der Waals surface area (Å²) in [6, 6.07) is 14.1. The van der Waals surface area contributed by atoms with E-state index in [0.29, 0.717) is 17.9 Å². The second kappa shape index (κ2) is 10.8. The minimum atomic E-state index is -0.649. The predicted octanol–water partition coefficient (Wildman–Crippen LogP) is 3.40. The van der Waals surface area contributed by atoms with Gasteiger partial charge < -0.3 is 19.5 Å². The number of rotatable bonds is 8. The first-order valence-electron chi connectivity index (χ1n) is 11.8. The number of nitrogens with zero attached hydrogens (tertiary/aromatic N) is 2. The molecule has 1 atom stereocenters. The third-order valence-electron chi connectivity index (χ3n) is 6.58. The van der Waals surface area contributed by atoms with Crippen LogP contribution in [0.1, 0.15) is 36.1 Å². The molecule has 1 N–H and O–H groups in total. The molecule has 0 unspecified atom stereocenters. The first kappa shape index (κ1) is 24.0. The van der Waals surface area contributed by atoms with Crippen LogP contribution in [0.25, 0.3) is 5.76 Å². The molecule has 34 heavy (non-hydrogen) atoms. The minimum Gasteiger partial charge on any atom is -0.507 e. The maximum Gasteiger partial charge on any atom is 0.295 e. The first-order chi connectivity index (χ1) is 16.5. The van der Waals surface area contributed by atoms with E-state index in [1.54, 1.807) is 36.3 Å². The van der Waals surface area contributed by atoms with E-state index >= 15 is 0 Å². The largest absolute Gasteiger partial charge is 0.507 e. The van der Waals surface area contributed by atoms with Crippen molar-refractivity contribution in [2.45, 2.75) is 25.8 Å². The molecule has 0 saturated carbocycles. The Morgan fingerprint density at radius 2 is 1.71 bits per heavy atom. The lowest BCUT2D eigenvalue weighted by Crippen LogP contribution is -2.38. The summed E-state index contributed by atoms with van der Waals surface area (Å²) >= 11 is 0. The van der Waals surface area contributed by atoms with Crippen LogP contribution in [0.4, 0.5) is 0 Å². The van der Waals surface area contributed by atoms with Crippen molar-refractivity contribution in [1.82, 2.24) is 9.80 Å². The third kappa shape index (κ3) is 5.00. The molecule has 4 rings (SSSR count). The maximum atomic E-state index is 13.2. The van der Waals surface area contributed by atoms with Crippen molar-refractivity contribution >= 4 is 17.4 Å². The summed E-state index contributed by atoms with van der Waals surface area (Å²) in [7, 11) is 1.57. The fourth-order valence-corrected chi connectivity index (χ4v) is 4.59. The fourth-order valence-electron chi connectivity index (χ4n) is 4.59. The van der Waals surface area contributed by atoms with Crippen molar-refractivity contribution < 1.29 is 24.2 Å². The molecule has 2 aromatic carbocycles. The van der Waals surface area contributed by atoms with Gasteiger partial charge in [0.25, 0.3) is 11.7 Å². The number of aliphatic hydroxyl groups excluding tert-OH is 1. The maximum absolute atomic E-state index is 13.2. The van der Waals surface area contributed by atoms with Gasteiger partial charge >= 0.3 is 0 Å². The average Bonchev–Trinajstić information content (AvgIpc) is 3.14. The van der Waals surface area contributed by atoms with Crippen LogP contribution < -0.4 is 4.74 Å². The SMILES string of the molecule is CCc1ccc([C@@H]2C(=C(O)c3ccc(OC)cc3)C(=O)C(=O)N2CCCN2CCOCC2)cc1. The second-order valence-corrected chi connectivity index (χ2v) is 8.62. The Hall–Kier alpha value is -3.16. The number of amides is 1. The molecule has 0 aliphatic carbocycles. The van der Waals surface area contributed by atoms with E-state index in [9.17, 15) is 14.7 Å². The van der Waals surface area contributed by atoms with Crippen molar-refractivity contribution in [3.8, 4) is 5.75 Å². The minimum absolute atomic E-state index is 0.130. The topological polar surface area (TPSA) is 79.3 Å². The molecule has 2 fully saturated rings. The van der Waals surface area contributed by atoms with Crippen LogP contribution in [0.5, 0.6) is 5.75 Å². The zero-order chi connectivity index (χ0) is 24.1. The van der Waals surface area contributed by atoms with Gasteiger partial charge in [0, 0.05) is 31.7 Å². The highest BCUT2D eigenvalue weighted by molar-refractivity contribution is 6.46. The molecular weight excluding hydrogens is 432 g/mol. The van der Waals surface area contributed by atoms with E-state index in [0.717, 1.165) is 51.3 Å². The van der Waals surface area contributed by atoms with Gasteiger partial charge in [0.05, 0.1) is 31.9 Å². The van der Waals surface area contributed by atoms with Gasteiger partial charge in [-0.15, -0.1) is 0 Å². The van der Waals surface area contributed by atoms with Crippen LogP contribution in [-0.4, -0.2) is 73.1 Å². The van der Waals surface area contributed by atoms with E-state index in [2.05, 4.69) is 11.8 Å². The second-order valence-electron chi connectivity index (χ2n) is 8.62. The van der Waals surface area contributed by atoms with Gasteiger partial charge in [-0.05, 0) is 48.2 Å². The van der Waals surface area contributed by atoms with Crippen molar-refractivity contribution in [2.75, 3.05) is 46.5 Å².